The molecule has 0 radical (unpaired) electrons. The molecule has 34 heavy (non-hydrogen) atoms. The first-order valence-corrected chi connectivity index (χ1v) is 11.5. The highest BCUT2D eigenvalue weighted by Crippen LogP contribution is 2.30. The molecule has 6 nitrogen and oxygen atoms in total. The highest BCUT2D eigenvalue weighted by Gasteiger charge is 2.32. The largest absolute Gasteiger partial charge is 0.452 e. The Labute approximate surface area is 205 Å². The number of ether oxygens (including phenoxy) is 1. The van der Waals surface area contributed by atoms with Crippen molar-refractivity contribution in [3.05, 3.63) is 57.7 Å². The smallest absolute Gasteiger partial charge is 0.417 e. The molecule has 2 heterocycles. The molecule has 1 fully saturated rings. The number of nitrogens with one attached hydrogen (secondary N) is 1. The second kappa shape index (κ2) is 10.8. The molecule has 1 aliphatic rings. The van der Waals surface area contributed by atoms with Crippen LogP contribution in [0.3, 0.4) is 0 Å². The first kappa shape index (κ1) is 26.1. The summed E-state index contributed by atoms with van der Waals surface area (Å²) in [5, 5.41) is 3.67. The van der Waals surface area contributed by atoms with Gasteiger partial charge in [0.1, 0.15) is 5.82 Å². The fourth-order valence-electron chi connectivity index (χ4n) is 3.67. The van der Waals surface area contributed by atoms with Gasteiger partial charge in [-0.2, -0.15) is 13.2 Å². The van der Waals surface area contributed by atoms with Crippen LogP contribution in [0.1, 0.15) is 43.9 Å². The molecule has 0 saturated carbocycles. The van der Waals surface area contributed by atoms with Gasteiger partial charge in [0, 0.05) is 29.3 Å². The molecule has 1 N–H and O–H groups in total. The molecule has 2 aromatic rings. The summed E-state index contributed by atoms with van der Waals surface area (Å²) in [6.07, 6.45) is -3.77. The number of nitrogens with zero attached hydrogens (tertiary/aromatic N) is 2. The summed E-state index contributed by atoms with van der Waals surface area (Å²) in [5.74, 6) is -0.940. The number of hydrogen-bond acceptors (Lipinski definition) is 5. The third-order valence-electron chi connectivity index (χ3n) is 5.68. The summed E-state index contributed by atoms with van der Waals surface area (Å²) >= 11 is 12.1. The normalized spacial score (nSPS) is 16.6. The van der Waals surface area contributed by atoms with Gasteiger partial charge in [-0.15, -0.1) is 0 Å². The van der Waals surface area contributed by atoms with Crippen LogP contribution in [0.25, 0.3) is 0 Å². The molecule has 1 saturated heterocycles. The number of piperidine rings is 1. The maximum Gasteiger partial charge on any atom is 0.417 e. The van der Waals surface area contributed by atoms with Crippen LogP contribution in [0.2, 0.25) is 10.0 Å². The molecule has 2 atom stereocenters. The van der Waals surface area contributed by atoms with Crippen molar-refractivity contribution >= 4 is 40.9 Å². The zero-order chi connectivity index (χ0) is 25.0. The third-order valence-corrected chi connectivity index (χ3v) is 6.24. The van der Waals surface area contributed by atoms with E-state index >= 15 is 0 Å². The van der Waals surface area contributed by atoms with Gasteiger partial charge in [0.15, 0.2) is 6.10 Å². The summed E-state index contributed by atoms with van der Waals surface area (Å²) in [5.41, 5.74) is -0.128. The first-order valence-electron chi connectivity index (χ1n) is 10.7. The van der Waals surface area contributed by atoms with Crippen LogP contribution in [0.4, 0.5) is 19.0 Å². The number of anilines is 1. The summed E-state index contributed by atoms with van der Waals surface area (Å²) in [4.78, 5) is 30.8. The van der Waals surface area contributed by atoms with Crippen LogP contribution < -0.4 is 10.2 Å². The monoisotopic (exact) mass is 517 g/mol. The predicted molar refractivity (Wildman–Crippen MR) is 123 cm³/mol. The summed E-state index contributed by atoms with van der Waals surface area (Å²) in [6, 6.07) is 6.85. The van der Waals surface area contributed by atoms with Crippen LogP contribution >= 0.6 is 23.2 Å². The second-order valence-electron chi connectivity index (χ2n) is 8.14. The van der Waals surface area contributed by atoms with Crippen LogP contribution in [0.15, 0.2) is 36.5 Å². The van der Waals surface area contributed by atoms with Crippen molar-refractivity contribution in [3.63, 3.8) is 0 Å². The van der Waals surface area contributed by atoms with E-state index in [1.807, 2.05) is 4.90 Å². The van der Waals surface area contributed by atoms with Crippen molar-refractivity contribution < 1.29 is 27.5 Å². The minimum atomic E-state index is -4.44. The zero-order valence-electron chi connectivity index (χ0n) is 18.5. The molecule has 0 unspecified atom stereocenters. The number of benzene rings is 1. The number of esters is 1. The summed E-state index contributed by atoms with van der Waals surface area (Å²) in [7, 11) is 0. The van der Waals surface area contributed by atoms with E-state index in [0.717, 1.165) is 12.3 Å². The molecule has 11 heteroatoms. The fourth-order valence-corrected chi connectivity index (χ4v) is 4.24. The Hall–Kier alpha value is -2.52. The molecule has 0 aliphatic carbocycles. The van der Waals surface area contributed by atoms with Gasteiger partial charge in [0.2, 0.25) is 0 Å². The van der Waals surface area contributed by atoms with E-state index in [1.54, 1.807) is 25.1 Å². The van der Waals surface area contributed by atoms with Crippen LogP contribution in [0, 0.1) is 5.92 Å². The van der Waals surface area contributed by atoms with E-state index in [1.165, 1.54) is 13.0 Å². The van der Waals surface area contributed by atoms with Gasteiger partial charge in [-0.25, -0.2) is 4.98 Å². The van der Waals surface area contributed by atoms with Crippen LogP contribution in [-0.2, 0) is 20.5 Å². The number of carbonyl (C=O) groups is 2. The van der Waals surface area contributed by atoms with Crippen LogP contribution in [-0.4, -0.2) is 36.1 Å². The highest BCUT2D eigenvalue weighted by molar-refractivity contribution is 6.35. The van der Waals surface area contributed by atoms with E-state index in [9.17, 15) is 22.8 Å². The van der Waals surface area contributed by atoms with Gasteiger partial charge in [0.25, 0.3) is 5.91 Å². The molecule has 3 rings (SSSR count). The van der Waals surface area contributed by atoms with E-state index < -0.39 is 41.7 Å². The van der Waals surface area contributed by atoms with E-state index in [-0.39, 0.29) is 0 Å². The number of pyridine rings is 1. The number of halogens is 5. The van der Waals surface area contributed by atoms with Gasteiger partial charge < -0.3 is 15.0 Å². The quantitative estimate of drug-likeness (QED) is 0.517. The first-order chi connectivity index (χ1) is 16.0. The molecule has 1 aromatic heterocycles. The topological polar surface area (TPSA) is 71.5 Å². The van der Waals surface area contributed by atoms with E-state index in [0.29, 0.717) is 47.4 Å². The maximum absolute atomic E-state index is 12.7. The van der Waals surface area contributed by atoms with Gasteiger partial charge in [-0.1, -0.05) is 29.3 Å². The van der Waals surface area contributed by atoms with Crippen molar-refractivity contribution in [3.8, 4) is 0 Å². The number of rotatable bonds is 6. The lowest BCUT2D eigenvalue weighted by Gasteiger charge is -2.32. The van der Waals surface area contributed by atoms with Gasteiger partial charge in [-0.05, 0) is 56.5 Å². The second-order valence-corrected chi connectivity index (χ2v) is 8.98. The minimum absolute atomic E-state index is 0.413. The molecular weight excluding hydrogens is 494 g/mol. The third kappa shape index (κ3) is 6.54. The van der Waals surface area contributed by atoms with Crippen LogP contribution in [0.5, 0.6) is 0 Å². The lowest BCUT2D eigenvalue weighted by atomic mass is 9.97. The number of carbonyl (C=O) groups excluding carboxylic acids is 2. The Balaban J connectivity index is 1.49. The number of amides is 1. The lowest BCUT2D eigenvalue weighted by molar-refractivity contribution is -0.159. The van der Waals surface area contributed by atoms with Gasteiger partial charge in [-0.3, -0.25) is 9.59 Å². The number of alkyl halides is 3. The molecule has 184 valence electrons. The standard InChI is InChI=1S/C23H24Cl2F3N3O3/c1-13(18-5-4-17(24)11-19(18)25)30-21(32)14(2)34-22(33)15-7-9-31(10-8-15)20-6-3-16(12-29-20)23(26,27)28/h3-6,11-15H,7-10H2,1-2H3,(H,30,32)/t13-,14-/m1/s1. The van der Waals surface area contributed by atoms with Crippen molar-refractivity contribution in [2.45, 2.75) is 45.0 Å². The average molecular weight is 518 g/mol. The Morgan fingerprint density at radius 1 is 1.15 bits per heavy atom. The SMILES string of the molecule is C[C@@H](OC(=O)C1CCN(c2ccc(C(F)(F)F)cn2)CC1)C(=O)N[C@H](C)c1ccc(Cl)cc1Cl. The van der Waals surface area contributed by atoms with Crippen molar-refractivity contribution in [1.82, 2.24) is 10.3 Å². The highest BCUT2D eigenvalue weighted by atomic mass is 35.5. The van der Waals surface area contributed by atoms with Gasteiger partial charge >= 0.3 is 12.1 Å². The van der Waals surface area contributed by atoms with E-state index in [4.69, 9.17) is 27.9 Å². The molecule has 0 spiro atoms. The molecule has 1 amide bonds. The van der Waals surface area contributed by atoms with E-state index in [2.05, 4.69) is 10.3 Å². The number of aromatic nitrogens is 1. The summed E-state index contributed by atoms with van der Waals surface area (Å²) in [6.45, 7) is 4.12. The molecular formula is C23H24Cl2F3N3O3. The molecule has 1 aliphatic heterocycles. The Bertz CT molecular complexity index is 1030. The average Bonchev–Trinajstić information content (AvgIpc) is 2.78. The molecule has 1 aromatic carbocycles. The molecule has 0 bridgehead atoms. The Kier molecular flexibility index (Phi) is 8.30. The summed E-state index contributed by atoms with van der Waals surface area (Å²) < 4.78 is 43.5. The van der Waals surface area contributed by atoms with Gasteiger partial charge in [0.05, 0.1) is 17.5 Å². The zero-order valence-corrected chi connectivity index (χ0v) is 20.0. The maximum atomic E-state index is 12.7. The fraction of sp³-hybridized carbons (Fsp3) is 0.435. The number of hydrogen-bond donors (Lipinski definition) is 1. The predicted octanol–water partition coefficient (Wildman–Crippen LogP) is 5.43. The Morgan fingerprint density at radius 2 is 1.82 bits per heavy atom. The Morgan fingerprint density at radius 3 is 2.38 bits per heavy atom. The van der Waals surface area contributed by atoms with Crippen molar-refractivity contribution in [2.24, 2.45) is 5.92 Å². The lowest BCUT2D eigenvalue weighted by Crippen LogP contribution is -2.41. The van der Waals surface area contributed by atoms with Crippen molar-refractivity contribution in [2.75, 3.05) is 18.0 Å². The minimum Gasteiger partial charge on any atom is -0.452 e. The van der Waals surface area contributed by atoms with Crippen molar-refractivity contribution in [1.29, 1.82) is 0 Å².